The molecule has 1 atom stereocenters. The van der Waals surface area contributed by atoms with Crippen molar-refractivity contribution in [1.82, 2.24) is 0 Å². The number of anilines is 1. The Morgan fingerprint density at radius 3 is 2.45 bits per heavy atom. The van der Waals surface area contributed by atoms with Crippen LogP contribution >= 0.6 is 0 Å². The first kappa shape index (κ1) is 20.2. The van der Waals surface area contributed by atoms with Gasteiger partial charge in [0.05, 0.1) is 6.54 Å². The summed E-state index contributed by atoms with van der Waals surface area (Å²) < 4.78 is 24.0. The van der Waals surface area contributed by atoms with Gasteiger partial charge in [0, 0.05) is 11.8 Å². The van der Waals surface area contributed by atoms with Gasteiger partial charge in [0.25, 0.3) is 0 Å². The fraction of sp³-hybridized carbons (Fsp3) is 0.136. The zero-order chi connectivity index (χ0) is 20.5. The minimum atomic E-state index is -0.854. The normalized spacial score (nSPS) is 12.3. The van der Waals surface area contributed by atoms with Crippen LogP contribution in [0.4, 0.5) is 10.1 Å². The highest BCUT2D eigenvalue weighted by Gasteiger charge is 2.06. The van der Waals surface area contributed by atoms with Crippen LogP contribution in [-0.4, -0.2) is 30.3 Å². The van der Waals surface area contributed by atoms with Gasteiger partial charge in [-0.15, -0.1) is 0 Å². The van der Waals surface area contributed by atoms with Gasteiger partial charge in [0.1, 0.15) is 35.8 Å². The van der Waals surface area contributed by atoms with Crippen molar-refractivity contribution in [3.63, 3.8) is 0 Å². The van der Waals surface area contributed by atoms with Crippen LogP contribution in [0.5, 0.6) is 17.2 Å². The van der Waals surface area contributed by atoms with Crippen molar-refractivity contribution in [2.75, 3.05) is 18.5 Å². The molecule has 0 radical (unpaired) electrons. The van der Waals surface area contributed by atoms with Crippen LogP contribution in [0, 0.1) is 5.82 Å². The van der Waals surface area contributed by atoms with E-state index in [4.69, 9.17) is 15.2 Å². The van der Waals surface area contributed by atoms with Gasteiger partial charge in [0.2, 0.25) is 0 Å². The molecule has 0 spiro atoms. The molecule has 0 heterocycles. The van der Waals surface area contributed by atoms with Crippen molar-refractivity contribution in [1.29, 1.82) is 0 Å². The number of nitrogens with one attached hydrogen (secondary N) is 1. The Bertz CT molecular complexity index is 934. The fourth-order valence-corrected chi connectivity index (χ4v) is 2.43. The largest absolute Gasteiger partial charge is 0.491 e. The topological polar surface area (TPSA) is 89.1 Å². The number of benzene rings is 3. The SMILES string of the molecule is NC(=NCC(O)COc1ccc(F)cc1)Nc1cccc(Oc2ccccc2)c1. The van der Waals surface area contributed by atoms with Crippen LogP contribution in [0.3, 0.4) is 0 Å². The molecule has 29 heavy (non-hydrogen) atoms. The second-order valence-electron chi connectivity index (χ2n) is 6.21. The predicted molar refractivity (Wildman–Crippen MR) is 111 cm³/mol. The maximum Gasteiger partial charge on any atom is 0.193 e. The number of para-hydroxylation sites is 1. The monoisotopic (exact) mass is 395 g/mol. The number of ether oxygens (including phenoxy) is 2. The zero-order valence-electron chi connectivity index (χ0n) is 15.7. The summed E-state index contributed by atoms with van der Waals surface area (Å²) in [6.07, 6.45) is -0.854. The van der Waals surface area contributed by atoms with Gasteiger partial charge in [-0.1, -0.05) is 24.3 Å². The summed E-state index contributed by atoms with van der Waals surface area (Å²) in [5.74, 6) is 1.66. The van der Waals surface area contributed by atoms with Gasteiger partial charge in [-0.3, -0.25) is 4.99 Å². The molecule has 0 aromatic heterocycles. The number of aliphatic imine (C=N–C) groups is 1. The Kier molecular flexibility index (Phi) is 7.02. The molecule has 0 saturated heterocycles. The molecule has 0 fully saturated rings. The smallest absolute Gasteiger partial charge is 0.193 e. The highest BCUT2D eigenvalue weighted by atomic mass is 19.1. The molecule has 150 valence electrons. The molecule has 0 saturated carbocycles. The second kappa shape index (κ2) is 10.1. The average molecular weight is 395 g/mol. The molecule has 4 N–H and O–H groups in total. The summed E-state index contributed by atoms with van der Waals surface area (Å²) in [6.45, 7) is 0.0725. The Hall–Kier alpha value is -3.58. The van der Waals surface area contributed by atoms with Crippen LogP contribution in [0.2, 0.25) is 0 Å². The summed E-state index contributed by atoms with van der Waals surface area (Å²) in [5, 5.41) is 12.9. The van der Waals surface area contributed by atoms with Crippen LogP contribution < -0.4 is 20.5 Å². The number of hydrogen-bond donors (Lipinski definition) is 3. The van der Waals surface area contributed by atoms with Crippen molar-refractivity contribution in [2.45, 2.75) is 6.10 Å². The van der Waals surface area contributed by atoms with Crippen LogP contribution in [0.15, 0.2) is 83.9 Å². The van der Waals surface area contributed by atoms with E-state index < -0.39 is 6.10 Å². The number of hydrogen-bond acceptors (Lipinski definition) is 4. The minimum absolute atomic E-state index is 0.0167. The summed E-state index contributed by atoms with van der Waals surface area (Å²) >= 11 is 0. The quantitative estimate of drug-likeness (QED) is 0.399. The van der Waals surface area contributed by atoms with E-state index in [0.29, 0.717) is 17.2 Å². The summed E-state index contributed by atoms with van der Waals surface area (Å²) in [7, 11) is 0. The van der Waals surface area contributed by atoms with E-state index in [1.54, 1.807) is 6.07 Å². The van der Waals surface area contributed by atoms with E-state index in [2.05, 4.69) is 10.3 Å². The molecule has 3 aromatic carbocycles. The first-order valence-electron chi connectivity index (χ1n) is 9.05. The van der Waals surface area contributed by atoms with Crippen LogP contribution in [-0.2, 0) is 0 Å². The molecule has 0 aliphatic heterocycles. The number of nitrogens with two attached hydrogens (primary N) is 1. The summed E-state index contributed by atoms with van der Waals surface area (Å²) in [5.41, 5.74) is 6.59. The average Bonchev–Trinajstić information content (AvgIpc) is 2.73. The minimum Gasteiger partial charge on any atom is -0.491 e. The lowest BCUT2D eigenvalue weighted by Crippen LogP contribution is -2.27. The van der Waals surface area contributed by atoms with Crippen molar-refractivity contribution in [2.24, 2.45) is 10.7 Å². The lowest BCUT2D eigenvalue weighted by molar-refractivity contribution is 0.114. The van der Waals surface area contributed by atoms with Gasteiger partial charge in [-0.2, -0.15) is 0 Å². The zero-order valence-corrected chi connectivity index (χ0v) is 15.7. The lowest BCUT2D eigenvalue weighted by atomic mass is 10.3. The van der Waals surface area contributed by atoms with Gasteiger partial charge >= 0.3 is 0 Å². The first-order chi connectivity index (χ1) is 14.1. The van der Waals surface area contributed by atoms with Crippen molar-refractivity contribution >= 4 is 11.6 Å². The summed E-state index contributed by atoms with van der Waals surface area (Å²) in [4.78, 5) is 4.11. The molecule has 0 aliphatic rings. The van der Waals surface area contributed by atoms with Crippen molar-refractivity contribution in [3.05, 3.63) is 84.7 Å². The lowest BCUT2D eigenvalue weighted by Gasteiger charge is -2.12. The Balaban J connectivity index is 1.48. The molecule has 6 nitrogen and oxygen atoms in total. The molecular formula is C22H22FN3O3. The van der Waals surface area contributed by atoms with E-state index in [1.807, 2.05) is 48.5 Å². The summed E-state index contributed by atoms with van der Waals surface area (Å²) in [6, 6.07) is 22.3. The molecule has 0 amide bonds. The third-order valence-corrected chi connectivity index (χ3v) is 3.81. The van der Waals surface area contributed by atoms with Crippen LogP contribution in [0.1, 0.15) is 0 Å². The molecule has 7 heteroatoms. The number of aliphatic hydroxyl groups is 1. The fourth-order valence-electron chi connectivity index (χ4n) is 2.43. The number of aliphatic hydroxyl groups excluding tert-OH is 1. The first-order valence-corrected chi connectivity index (χ1v) is 9.05. The molecular weight excluding hydrogens is 373 g/mol. The van der Waals surface area contributed by atoms with E-state index in [9.17, 15) is 9.50 Å². The molecule has 0 bridgehead atoms. The molecule has 3 rings (SSSR count). The van der Waals surface area contributed by atoms with Crippen LogP contribution in [0.25, 0.3) is 0 Å². The van der Waals surface area contributed by atoms with E-state index in [0.717, 1.165) is 5.75 Å². The Morgan fingerprint density at radius 2 is 1.69 bits per heavy atom. The van der Waals surface area contributed by atoms with Gasteiger partial charge < -0.3 is 25.6 Å². The number of nitrogens with zero attached hydrogens (tertiary/aromatic N) is 1. The maximum absolute atomic E-state index is 12.9. The van der Waals surface area contributed by atoms with E-state index in [-0.39, 0.29) is 24.9 Å². The highest BCUT2D eigenvalue weighted by molar-refractivity contribution is 5.92. The maximum atomic E-state index is 12.9. The van der Waals surface area contributed by atoms with Gasteiger partial charge in [-0.25, -0.2) is 4.39 Å². The van der Waals surface area contributed by atoms with Gasteiger partial charge in [0.15, 0.2) is 5.96 Å². The van der Waals surface area contributed by atoms with E-state index in [1.165, 1.54) is 24.3 Å². The molecule has 3 aromatic rings. The Morgan fingerprint density at radius 1 is 0.966 bits per heavy atom. The van der Waals surface area contributed by atoms with Crippen molar-refractivity contribution in [3.8, 4) is 17.2 Å². The van der Waals surface area contributed by atoms with E-state index >= 15 is 0 Å². The molecule has 0 aliphatic carbocycles. The number of halogens is 1. The number of rotatable bonds is 8. The Labute approximate surface area is 168 Å². The van der Waals surface area contributed by atoms with Gasteiger partial charge in [-0.05, 0) is 48.5 Å². The molecule has 1 unspecified atom stereocenters. The van der Waals surface area contributed by atoms with Crippen molar-refractivity contribution < 1.29 is 19.0 Å². The predicted octanol–water partition coefficient (Wildman–Crippen LogP) is 3.78. The highest BCUT2D eigenvalue weighted by Crippen LogP contribution is 2.23. The third kappa shape index (κ3) is 6.82. The third-order valence-electron chi connectivity index (χ3n) is 3.81. The standard InChI is InChI=1S/C22H22FN3O3/c23-16-9-11-19(12-10-16)28-15-18(27)14-25-22(24)26-17-5-4-8-21(13-17)29-20-6-2-1-3-7-20/h1-13,18,27H,14-15H2,(H3,24,25,26). The second-order valence-corrected chi connectivity index (χ2v) is 6.21. The number of guanidine groups is 1.